The molecule has 1 aromatic heterocycles. The minimum Gasteiger partial charge on any atom is -0.454 e. The predicted molar refractivity (Wildman–Crippen MR) is 128 cm³/mol. The van der Waals surface area contributed by atoms with E-state index in [1.165, 1.54) is 11.8 Å². The molecule has 0 unspecified atom stereocenters. The molecule has 0 fully saturated rings. The fraction of sp³-hybridized carbons (Fsp3) is 0.273. The molecular weight excluding hydrogens is 510 g/mol. The van der Waals surface area contributed by atoms with Crippen molar-refractivity contribution in [3.05, 3.63) is 57.8 Å². The first kappa shape index (κ1) is 23.1. The summed E-state index contributed by atoms with van der Waals surface area (Å²) in [7, 11) is 0. The van der Waals surface area contributed by atoms with Gasteiger partial charge in [0.1, 0.15) is 0 Å². The zero-order valence-electron chi connectivity index (χ0n) is 18.1. The number of rotatable bonds is 8. The Morgan fingerprint density at radius 2 is 1.97 bits per heavy atom. The summed E-state index contributed by atoms with van der Waals surface area (Å²) in [6, 6.07) is 10.7. The van der Waals surface area contributed by atoms with Crippen molar-refractivity contribution < 1.29 is 19.1 Å². The Balaban J connectivity index is 1.33. The number of fused-ring (bicyclic) bond motifs is 1. The van der Waals surface area contributed by atoms with Gasteiger partial charge >= 0.3 is 0 Å². The molecule has 1 aliphatic rings. The number of anilines is 1. The molecule has 4 rings (SSSR count). The summed E-state index contributed by atoms with van der Waals surface area (Å²) in [6.45, 7) is 4.89. The fourth-order valence-corrected chi connectivity index (χ4v) is 4.29. The first-order valence-corrected chi connectivity index (χ1v) is 12.0. The number of ether oxygens (including phenoxy) is 2. The number of hydrogen-bond acceptors (Lipinski definition) is 7. The molecule has 3 aromatic rings. The molecule has 0 atom stereocenters. The number of carbonyl (C=O) groups is 2. The Hall–Kier alpha value is -3.05. The highest BCUT2D eigenvalue weighted by molar-refractivity contribution is 9.10. The molecule has 2 N–H and O–H groups in total. The first-order valence-electron chi connectivity index (χ1n) is 10.2. The largest absolute Gasteiger partial charge is 0.454 e. The monoisotopic (exact) mass is 531 g/mol. The molecule has 0 radical (unpaired) electrons. The van der Waals surface area contributed by atoms with Gasteiger partial charge in [0.25, 0.3) is 5.91 Å². The van der Waals surface area contributed by atoms with Crippen molar-refractivity contribution in [1.82, 2.24) is 20.1 Å². The summed E-state index contributed by atoms with van der Waals surface area (Å²) >= 11 is 4.75. The van der Waals surface area contributed by atoms with Gasteiger partial charge in [0.05, 0.1) is 12.3 Å². The molecule has 9 nitrogen and oxygen atoms in total. The van der Waals surface area contributed by atoms with Crippen molar-refractivity contribution >= 4 is 45.2 Å². The number of amides is 2. The highest BCUT2D eigenvalue weighted by atomic mass is 79.9. The minimum absolute atomic E-state index is 0.134. The van der Waals surface area contributed by atoms with Crippen molar-refractivity contribution in [2.24, 2.45) is 0 Å². The van der Waals surface area contributed by atoms with Crippen molar-refractivity contribution in [1.29, 1.82) is 0 Å². The SMILES string of the molecule is CCn1c(CNC(=O)c2ccc3c(c2)OCO3)nnc1SCC(=O)Nc1ccc(Br)c(C)c1. The average molecular weight is 532 g/mol. The zero-order chi connectivity index (χ0) is 23.4. The van der Waals surface area contributed by atoms with Crippen LogP contribution in [0.2, 0.25) is 0 Å². The number of nitrogens with one attached hydrogen (secondary N) is 2. The van der Waals surface area contributed by atoms with Crippen LogP contribution in [-0.4, -0.2) is 39.1 Å². The number of carbonyl (C=O) groups excluding carboxylic acids is 2. The van der Waals surface area contributed by atoms with Crippen LogP contribution < -0.4 is 20.1 Å². The van der Waals surface area contributed by atoms with Crippen molar-refractivity contribution in [2.75, 3.05) is 17.9 Å². The van der Waals surface area contributed by atoms with Crippen LogP contribution in [0.4, 0.5) is 5.69 Å². The predicted octanol–water partition coefficient (Wildman–Crippen LogP) is 3.76. The quantitative estimate of drug-likeness (QED) is 0.426. The lowest BCUT2D eigenvalue weighted by atomic mass is 10.2. The van der Waals surface area contributed by atoms with Crippen LogP contribution in [0.5, 0.6) is 11.5 Å². The lowest BCUT2D eigenvalue weighted by Gasteiger charge is -2.09. The number of aromatic nitrogens is 3. The van der Waals surface area contributed by atoms with Gasteiger partial charge in [0.15, 0.2) is 22.5 Å². The smallest absolute Gasteiger partial charge is 0.251 e. The van der Waals surface area contributed by atoms with Crippen LogP contribution >= 0.6 is 27.7 Å². The number of thioether (sulfide) groups is 1. The number of benzene rings is 2. The molecule has 0 bridgehead atoms. The molecule has 1 aliphatic heterocycles. The van der Waals surface area contributed by atoms with E-state index in [9.17, 15) is 9.59 Å². The molecule has 0 saturated heterocycles. The van der Waals surface area contributed by atoms with E-state index in [1.54, 1.807) is 18.2 Å². The fourth-order valence-electron chi connectivity index (χ4n) is 3.22. The number of halogens is 1. The van der Waals surface area contributed by atoms with Gasteiger partial charge < -0.3 is 24.7 Å². The van der Waals surface area contributed by atoms with Crippen LogP contribution in [-0.2, 0) is 17.9 Å². The van der Waals surface area contributed by atoms with Gasteiger partial charge in [-0.15, -0.1) is 10.2 Å². The first-order chi connectivity index (χ1) is 15.9. The lowest BCUT2D eigenvalue weighted by Crippen LogP contribution is -2.24. The summed E-state index contributed by atoms with van der Waals surface area (Å²) in [5.74, 6) is 1.59. The second-order valence-electron chi connectivity index (χ2n) is 7.19. The highest BCUT2D eigenvalue weighted by Gasteiger charge is 2.18. The van der Waals surface area contributed by atoms with Gasteiger partial charge in [-0.2, -0.15) is 0 Å². The van der Waals surface area contributed by atoms with E-state index in [0.29, 0.717) is 34.6 Å². The van der Waals surface area contributed by atoms with E-state index in [-0.39, 0.29) is 30.9 Å². The number of hydrogen-bond donors (Lipinski definition) is 2. The second kappa shape index (κ2) is 10.3. The summed E-state index contributed by atoms with van der Waals surface area (Å²) in [5.41, 5.74) is 2.25. The van der Waals surface area contributed by atoms with Gasteiger partial charge in [-0.1, -0.05) is 27.7 Å². The summed E-state index contributed by atoms with van der Waals surface area (Å²) in [5, 5.41) is 14.7. The molecule has 0 aliphatic carbocycles. The van der Waals surface area contributed by atoms with E-state index >= 15 is 0 Å². The van der Waals surface area contributed by atoms with Gasteiger partial charge in [-0.05, 0) is 55.8 Å². The maximum atomic E-state index is 12.5. The Kier molecular flexibility index (Phi) is 7.19. The van der Waals surface area contributed by atoms with Crippen molar-refractivity contribution in [2.45, 2.75) is 32.1 Å². The van der Waals surface area contributed by atoms with E-state index in [4.69, 9.17) is 9.47 Å². The third kappa shape index (κ3) is 5.48. The standard InChI is InChI=1S/C22H22BrN5O4S/c1-3-28-19(10-24-21(30)14-4-7-17-18(9-14)32-12-31-17)26-27-22(28)33-11-20(29)25-15-5-6-16(23)13(2)8-15/h4-9H,3,10-12H2,1-2H3,(H,24,30)(H,25,29). The van der Waals surface area contributed by atoms with E-state index in [2.05, 4.69) is 36.8 Å². The van der Waals surface area contributed by atoms with Crippen LogP contribution in [0.3, 0.4) is 0 Å². The Bertz CT molecular complexity index is 1200. The third-order valence-corrected chi connectivity index (χ3v) is 6.78. The number of nitrogens with zero attached hydrogens (tertiary/aromatic N) is 3. The Labute approximate surface area is 203 Å². The molecule has 2 amide bonds. The molecule has 0 spiro atoms. The Morgan fingerprint density at radius 1 is 1.15 bits per heavy atom. The van der Waals surface area contributed by atoms with Gasteiger partial charge in [0, 0.05) is 22.3 Å². The van der Waals surface area contributed by atoms with Crippen molar-refractivity contribution in [3.8, 4) is 11.5 Å². The minimum atomic E-state index is -0.252. The summed E-state index contributed by atoms with van der Waals surface area (Å²) in [4.78, 5) is 24.9. The maximum Gasteiger partial charge on any atom is 0.251 e. The highest BCUT2D eigenvalue weighted by Crippen LogP contribution is 2.32. The normalized spacial score (nSPS) is 12.0. The summed E-state index contributed by atoms with van der Waals surface area (Å²) in [6.07, 6.45) is 0. The van der Waals surface area contributed by atoms with Crippen LogP contribution in [0.1, 0.15) is 28.7 Å². The molecule has 33 heavy (non-hydrogen) atoms. The maximum absolute atomic E-state index is 12.5. The van der Waals surface area contributed by atoms with Gasteiger partial charge in [-0.25, -0.2) is 0 Å². The van der Waals surface area contributed by atoms with Crippen LogP contribution in [0, 0.1) is 6.92 Å². The number of aryl methyl sites for hydroxylation is 1. The molecule has 0 saturated carbocycles. The summed E-state index contributed by atoms with van der Waals surface area (Å²) < 4.78 is 13.5. The molecule has 2 heterocycles. The van der Waals surface area contributed by atoms with Crippen LogP contribution in [0.15, 0.2) is 46.0 Å². The molecule has 2 aromatic carbocycles. The molecular formula is C22H22BrN5O4S. The second-order valence-corrected chi connectivity index (χ2v) is 8.99. The van der Waals surface area contributed by atoms with Gasteiger partial charge in [0.2, 0.25) is 12.7 Å². The van der Waals surface area contributed by atoms with E-state index in [1.807, 2.05) is 36.6 Å². The zero-order valence-corrected chi connectivity index (χ0v) is 20.5. The third-order valence-electron chi connectivity index (χ3n) is 4.93. The van der Waals surface area contributed by atoms with E-state index < -0.39 is 0 Å². The topological polar surface area (TPSA) is 107 Å². The lowest BCUT2D eigenvalue weighted by molar-refractivity contribution is -0.113. The van der Waals surface area contributed by atoms with E-state index in [0.717, 1.165) is 15.7 Å². The van der Waals surface area contributed by atoms with Crippen molar-refractivity contribution in [3.63, 3.8) is 0 Å². The van der Waals surface area contributed by atoms with Gasteiger partial charge in [-0.3, -0.25) is 9.59 Å². The average Bonchev–Trinajstić information content (AvgIpc) is 3.44. The van der Waals surface area contributed by atoms with Crippen LogP contribution in [0.25, 0.3) is 0 Å². The molecule has 11 heteroatoms. The molecule has 172 valence electrons. The Morgan fingerprint density at radius 3 is 2.76 bits per heavy atom.